The number of aryl methyl sites for hydroxylation is 1. The largest absolute Gasteiger partial charge is 0.496 e. The first kappa shape index (κ1) is 10.4. The van der Waals surface area contributed by atoms with Gasteiger partial charge in [0.15, 0.2) is 0 Å². The Bertz CT molecular complexity index is 561. The molecule has 0 bridgehead atoms. The van der Waals surface area contributed by atoms with E-state index in [-0.39, 0.29) is 5.56 Å². The molecular formula is C12H12N2O2. The molecule has 82 valence electrons. The Morgan fingerprint density at radius 1 is 1.38 bits per heavy atom. The predicted octanol–water partition coefficient (Wildman–Crippen LogP) is 1.75. The van der Waals surface area contributed by atoms with Crippen LogP contribution in [0.5, 0.6) is 5.75 Å². The molecule has 0 unspecified atom stereocenters. The average Bonchev–Trinajstić information content (AvgIpc) is 2.29. The van der Waals surface area contributed by atoms with Gasteiger partial charge in [0.25, 0.3) is 5.56 Å². The van der Waals surface area contributed by atoms with Gasteiger partial charge >= 0.3 is 0 Å². The van der Waals surface area contributed by atoms with Gasteiger partial charge in [0.05, 0.1) is 7.11 Å². The summed E-state index contributed by atoms with van der Waals surface area (Å²) in [5.74, 6) is 0.802. The molecule has 2 aromatic rings. The molecule has 0 amide bonds. The second-order valence-electron chi connectivity index (χ2n) is 3.45. The van der Waals surface area contributed by atoms with Crippen LogP contribution in [0.4, 0.5) is 0 Å². The van der Waals surface area contributed by atoms with E-state index in [1.807, 2.05) is 25.1 Å². The molecule has 0 atom stereocenters. The van der Waals surface area contributed by atoms with Crippen LogP contribution < -0.4 is 10.3 Å². The van der Waals surface area contributed by atoms with Crippen LogP contribution >= 0.6 is 0 Å². The Kier molecular flexibility index (Phi) is 2.72. The van der Waals surface area contributed by atoms with Crippen molar-refractivity contribution in [3.05, 3.63) is 46.5 Å². The summed E-state index contributed by atoms with van der Waals surface area (Å²) in [6, 6.07) is 5.54. The maximum Gasteiger partial charge on any atom is 0.274 e. The molecule has 0 aliphatic heterocycles. The number of methoxy groups -OCH3 is 1. The van der Waals surface area contributed by atoms with Crippen LogP contribution in [0.1, 0.15) is 5.56 Å². The van der Waals surface area contributed by atoms with Crippen LogP contribution in [-0.4, -0.2) is 17.1 Å². The highest BCUT2D eigenvalue weighted by Gasteiger charge is 2.06. The molecule has 0 fully saturated rings. The van der Waals surface area contributed by atoms with Gasteiger partial charge < -0.3 is 9.72 Å². The highest BCUT2D eigenvalue weighted by Crippen LogP contribution is 2.22. The normalized spacial score (nSPS) is 10.1. The van der Waals surface area contributed by atoms with E-state index in [1.165, 1.54) is 6.20 Å². The van der Waals surface area contributed by atoms with Crippen molar-refractivity contribution in [2.24, 2.45) is 0 Å². The van der Waals surface area contributed by atoms with Crippen molar-refractivity contribution < 1.29 is 4.74 Å². The third-order valence-corrected chi connectivity index (χ3v) is 2.38. The van der Waals surface area contributed by atoms with Crippen LogP contribution in [0.15, 0.2) is 35.4 Å². The van der Waals surface area contributed by atoms with Gasteiger partial charge in [0.1, 0.15) is 11.4 Å². The Balaban J connectivity index is 2.54. The van der Waals surface area contributed by atoms with E-state index in [9.17, 15) is 4.79 Å². The number of hydrogen-bond donors (Lipinski definition) is 1. The second kappa shape index (κ2) is 4.18. The van der Waals surface area contributed by atoms with Crippen molar-refractivity contribution in [2.45, 2.75) is 6.92 Å². The lowest BCUT2D eigenvalue weighted by Gasteiger charge is -2.06. The molecule has 0 saturated carbocycles. The first-order chi connectivity index (χ1) is 7.72. The van der Waals surface area contributed by atoms with Crippen LogP contribution in [0.25, 0.3) is 11.3 Å². The van der Waals surface area contributed by atoms with E-state index in [0.717, 1.165) is 16.9 Å². The second-order valence-corrected chi connectivity index (χ2v) is 3.45. The van der Waals surface area contributed by atoms with E-state index in [4.69, 9.17) is 4.74 Å². The zero-order valence-corrected chi connectivity index (χ0v) is 9.15. The minimum absolute atomic E-state index is 0.188. The standard InChI is InChI=1S/C12H12N2O2/c1-8-7-9(3-4-10(8)16-2)11-12(15)14-6-5-13-11/h3-7H,1-2H3,(H,14,15). The first-order valence-corrected chi connectivity index (χ1v) is 4.91. The maximum atomic E-state index is 11.5. The van der Waals surface area contributed by atoms with Gasteiger partial charge in [-0.25, -0.2) is 4.98 Å². The molecule has 4 nitrogen and oxygen atoms in total. The molecular weight excluding hydrogens is 204 g/mol. The minimum Gasteiger partial charge on any atom is -0.496 e. The fourth-order valence-corrected chi connectivity index (χ4v) is 1.58. The van der Waals surface area contributed by atoms with Gasteiger partial charge in [-0.05, 0) is 30.7 Å². The number of nitrogens with one attached hydrogen (secondary N) is 1. The Hall–Kier alpha value is -2.10. The van der Waals surface area contributed by atoms with Crippen molar-refractivity contribution in [2.75, 3.05) is 7.11 Å². The van der Waals surface area contributed by atoms with E-state index in [2.05, 4.69) is 9.97 Å². The zero-order valence-electron chi connectivity index (χ0n) is 9.15. The maximum absolute atomic E-state index is 11.5. The van der Waals surface area contributed by atoms with E-state index < -0.39 is 0 Å². The Morgan fingerprint density at radius 2 is 2.19 bits per heavy atom. The van der Waals surface area contributed by atoms with Crippen molar-refractivity contribution in [3.8, 4) is 17.0 Å². The van der Waals surface area contributed by atoms with Crippen LogP contribution in [-0.2, 0) is 0 Å². The Labute approximate surface area is 92.9 Å². The molecule has 0 aliphatic rings. The van der Waals surface area contributed by atoms with Crippen molar-refractivity contribution in [3.63, 3.8) is 0 Å². The van der Waals surface area contributed by atoms with Crippen LogP contribution in [0.2, 0.25) is 0 Å². The molecule has 0 radical (unpaired) electrons. The molecule has 0 aliphatic carbocycles. The highest BCUT2D eigenvalue weighted by atomic mass is 16.5. The predicted molar refractivity (Wildman–Crippen MR) is 61.6 cm³/mol. The number of aromatic amines is 1. The summed E-state index contributed by atoms with van der Waals surface area (Å²) in [6.07, 6.45) is 3.08. The summed E-state index contributed by atoms with van der Waals surface area (Å²) in [5, 5.41) is 0. The number of aromatic nitrogens is 2. The first-order valence-electron chi connectivity index (χ1n) is 4.91. The van der Waals surface area contributed by atoms with Crippen molar-refractivity contribution in [1.82, 2.24) is 9.97 Å². The quantitative estimate of drug-likeness (QED) is 0.832. The summed E-state index contributed by atoms with van der Waals surface area (Å²) in [6.45, 7) is 1.93. The number of ether oxygens (including phenoxy) is 1. The zero-order chi connectivity index (χ0) is 11.5. The van der Waals surface area contributed by atoms with Crippen molar-refractivity contribution in [1.29, 1.82) is 0 Å². The summed E-state index contributed by atoms with van der Waals surface area (Å²) in [4.78, 5) is 18.2. The van der Waals surface area contributed by atoms with E-state index >= 15 is 0 Å². The van der Waals surface area contributed by atoms with Gasteiger partial charge in [0.2, 0.25) is 0 Å². The number of benzene rings is 1. The van der Waals surface area contributed by atoms with E-state index in [0.29, 0.717) is 5.69 Å². The molecule has 1 heterocycles. The summed E-state index contributed by atoms with van der Waals surface area (Å²) < 4.78 is 5.16. The Morgan fingerprint density at radius 3 is 2.81 bits per heavy atom. The minimum atomic E-state index is -0.188. The number of nitrogens with zero attached hydrogens (tertiary/aromatic N) is 1. The fraction of sp³-hybridized carbons (Fsp3) is 0.167. The van der Waals surface area contributed by atoms with Gasteiger partial charge in [-0.15, -0.1) is 0 Å². The molecule has 0 saturated heterocycles. The third-order valence-electron chi connectivity index (χ3n) is 2.38. The van der Waals surface area contributed by atoms with Gasteiger partial charge in [-0.2, -0.15) is 0 Å². The fourth-order valence-electron chi connectivity index (χ4n) is 1.58. The molecule has 1 N–H and O–H groups in total. The molecule has 1 aromatic heterocycles. The summed E-state index contributed by atoms with van der Waals surface area (Å²) in [7, 11) is 1.62. The lowest BCUT2D eigenvalue weighted by molar-refractivity contribution is 0.412. The lowest BCUT2D eigenvalue weighted by Crippen LogP contribution is -2.09. The van der Waals surface area contributed by atoms with E-state index in [1.54, 1.807) is 13.3 Å². The summed E-state index contributed by atoms with van der Waals surface area (Å²) >= 11 is 0. The van der Waals surface area contributed by atoms with Gasteiger partial charge in [-0.3, -0.25) is 4.79 Å². The molecule has 1 aromatic carbocycles. The SMILES string of the molecule is COc1ccc(-c2ncc[nH]c2=O)cc1C. The number of rotatable bonds is 2. The molecule has 2 rings (SSSR count). The average molecular weight is 216 g/mol. The van der Waals surface area contributed by atoms with Crippen LogP contribution in [0, 0.1) is 6.92 Å². The van der Waals surface area contributed by atoms with Crippen molar-refractivity contribution >= 4 is 0 Å². The molecule has 4 heteroatoms. The topological polar surface area (TPSA) is 55.0 Å². The van der Waals surface area contributed by atoms with Crippen LogP contribution in [0.3, 0.4) is 0 Å². The molecule has 0 spiro atoms. The highest BCUT2D eigenvalue weighted by molar-refractivity contribution is 5.60. The number of hydrogen-bond acceptors (Lipinski definition) is 3. The third kappa shape index (κ3) is 1.82. The summed E-state index contributed by atoms with van der Waals surface area (Å²) in [5.41, 5.74) is 2.01. The smallest absolute Gasteiger partial charge is 0.274 e. The lowest BCUT2D eigenvalue weighted by atomic mass is 10.1. The van der Waals surface area contributed by atoms with Gasteiger partial charge in [-0.1, -0.05) is 0 Å². The molecule has 16 heavy (non-hydrogen) atoms. The number of H-pyrrole nitrogens is 1. The monoisotopic (exact) mass is 216 g/mol. The van der Waals surface area contributed by atoms with Gasteiger partial charge in [0, 0.05) is 18.0 Å².